The van der Waals surface area contributed by atoms with Crippen LogP contribution in [0.25, 0.3) is 10.9 Å². The molecule has 2 aliphatic heterocycles. The van der Waals surface area contributed by atoms with Gasteiger partial charge in [0.2, 0.25) is 11.8 Å². The molecule has 0 radical (unpaired) electrons. The summed E-state index contributed by atoms with van der Waals surface area (Å²) < 4.78 is 0. The van der Waals surface area contributed by atoms with E-state index in [1.54, 1.807) is 23.2 Å². The molecule has 6 nitrogen and oxygen atoms in total. The van der Waals surface area contributed by atoms with Crippen molar-refractivity contribution in [1.29, 1.82) is 0 Å². The molecule has 2 aliphatic rings. The van der Waals surface area contributed by atoms with Gasteiger partial charge in [0.25, 0.3) is 0 Å². The lowest BCUT2D eigenvalue weighted by Gasteiger charge is -2.45. The molecule has 1 aromatic heterocycles. The Bertz CT molecular complexity index is 1130. The summed E-state index contributed by atoms with van der Waals surface area (Å²) in [6.07, 6.45) is 2.26. The molecule has 158 valence electrons. The number of hydrogen-bond donors (Lipinski definition) is 1. The van der Waals surface area contributed by atoms with Crippen LogP contribution in [-0.2, 0) is 22.6 Å². The highest BCUT2D eigenvalue weighted by Gasteiger charge is 2.43. The Morgan fingerprint density at radius 2 is 1.84 bits per heavy atom. The van der Waals surface area contributed by atoms with E-state index in [1.807, 2.05) is 24.3 Å². The third-order valence-corrected chi connectivity index (χ3v) is 6.34. The molecule has 31 heavy (non-hydrogen) atoms. The first-order valence-electron chi connectivity index (χ1n) is 10.5. The fourth-order valence-corrected chi connectivity index (χ4v) is 4.60. The van der Waals surface area contributed by atoms with Gasteiger partial charge in [-0.05, 0) is 41.5 Å². The average Bonchev–Trinajstić information content (AvgIpc) is 2.79. The lowest BCUT2D eigenvalue weighted by molar-refractivity contribution is -0.153. The number of piperazine rings is 2. The molecule has 0 spiro atoms. The molecule has 2 amide bonds. The normalized spacial score (nSPS) is 21.8. The molecule has 3 heterocycles. The predicted molar refractivity (Wildman–Crippen MR) is 120 cm³/mol. The van der Waals surface area contributed by atoms with Crippen molar-refractivity contribution in [3.63, 3.8) is 0 Å². The maximum absolute atomic E-state index is 13.0. The number of carbonyl (C=O) groups excluding carboxylic acids is 2. The van der Waals surface area contributed by atoms with Crippen LogP contribution in [0.3, 0.4) is 0 Å². The van der Waals surface area contributed by atoms with E-state index in [1.165, 1.54) is 5.56 Å². The molecule has 5 rings (SSSR count). The summed E-state index contributed by atoms with van der Waals surface area (Å²) in [4.78, 5) is 34.2. The summed E-state index contributed by atoms with van der Waals surface area (Å²) in [6.45, 7) is 2.58. The Balaban J connectivity index is 1.25. The Labute approximate surface area is 185 Å². The van der Waals surface area contributed by atoms with Crippen molar-refractivity contribution in [3.05, 3.63) is 76.9 Å². The zero-order valence-corrected chi connectivity index (χ0v) is 17.8. The first kappa shape index (κ1) is 20.0. The van der Waals surface area contributed by atoms with Crippen LogP contribution in [0, 0.1) is 0 Å². The van der Waals surface area contributed by atoms with Crippen LogP contribution in [0.15, 0.2) is 60.8 Å². The van der Waals surface area contributed by atoms with Gasteiger partial charge in [0, 0.05) is 49.2 Å². The number of halogens is 1. The van der Waals surface area contributed by atoms with Gasteiger partial charge in [-0.2, -0.15) is 0 Å². The Morgan fingerprint density at radius 1 is 1.03 bits per heavy atom. The van der Waals surface area contributed by atoms with Gasteiger partial charge in [-0.25, -0.2) is 0 Å². The van der Waals surface area contributed by atoms with Crippen LogP contribution in [0.5, 0.6) is 0 Å². The highest BCUT2D eigenvalue weighted by Crippen LogP contribution is 2.21. The predicted octanol–water partition coefficient (Wildman–Crippen LogP) is 2.64. The van der Waals surface area contributed by atoms with Crippen molar-refractivity contribution in [2.75, 3.05) is 19.6 Å². The van der Waals surface area contributed by atoms with E-state index in [0.717, 1.165) is 29.6 Å². The maximum atomic E-state index is 13.0. The molecule has 0 bridgehead atoms. The van der Waals surface area contributed by atoms with E-state index >= 15 is 0 Å². The first-order chi connectivity index (χ1) is 15.1. The topological polar surface area (TPSA) is 65.5 Å². The molecule has 1 N–H and O–H groups in total. The van der Waals surface area contributed by atoms with E-state index in [2.05, 4.69) is 33.4 Å². The monoisotopic (exact) mass is 434 g/mol. The summed E-state index contributed by atoms with van der Waals surface area (Å²) in [7, 11) is 0. The minimum Gasteiger partial charge on any atom is -0.342 e. The summed E-state index contributed by atoms with van der Waals surface area (Å²) in [6, 6.07) is 16.7. The molecular formula is C24H23ClN4O2. The molecule has 0 saturated carbocycles. The highest BCUT2D eigenvalue weighted by molar-refractivity contribution is 6.30. The minimum atomic E-state index is -0.524. The number of fused-ring (bicyclic) bond motifs is 2. The number of amides is 2. The standard InChI is InChI=1S/C24H23ClN4O2/c25-19-6-3-16(4-7-19)13-21-24(31)29-11-10-28(15-22(29)23(30)27-21)14-17-5-8-20-18(12-17)2-1-9-26-20/h1-9,12,21-22H,10-11,13-15H2,(H,27,30)/t21-,22+/m0/s1. The number of nitrogens with one attached hydrogen (secondary N) is 1. The summed E-state index contributed by atoms with van der Waals surface area (Å²) in [5.74, 6) is -0.0815. The number of hydrogen-bond acceptors (Lipinski definition) is 4. The smallest absolute Gasteiger partial charge is 0.246 e. The highest BCUT2D eigenvalue weighted by atomic mass is 35.5. The zero-order valence-electron chi connectivity index (χ0n) is 17.0. The van der Waals surface area contributed by atoms with Gasteiger partial charge >= 0.3 is 0 Å². The molecule has 2 saturated heterocycles. The van der Waals surface area contributed by atoms with Crippen molar-refractivity contribution in [1.82, 2.24) is 20.1 Å². The van der Waals surface area contributed by atoms with Gasteiger partial charge in [0.05, 0.1) is 5.52 Å². The number of benzene rings is 2. The first-order valence-corrected chi connectivity index (χ1v) is 10.9. The quantitative estimate of drug-likeness (QED) is 0.685. The van der Waals surface area contributed by atoms with E-state index in [-0.39, 0.29) is 11.8 Å². The average molecular weight is 435 g/mol. The molecule has 3 aromatic rings. The van der Waals surface area contributed by atoms with Crippen molar-refractivity contribution in [2.24, 2.45) is 0 Å². The summed E-state index contributed by atoms with van der Waals surface area (Å²) >= 11 is 5.95. The van der Waals surface area contributed by atoms with Crippen molar-refractivity contribution in [2.45, 2.75) is 25.0 Å². The molecule has 2 aromatic carbocycles. The van der Waals surface area contributed by atoms with Gasteiger partial charge in [-0.1, -0.05) is 35.9 Å². The van der Waals surface area contributed by atoms with Crippen molar-refractivity contribution in [3.8, 4) is 0 Å². The van der Waals surface area contributed by atoms with E-state index in [4.69, 9.17) is 11.6 Å². The summed E-state index contributed by atoms with van der Waals surface area (Å²) in [5.41, 5.74) is 3.13. The second-order valence-corrected chi connectivity index (χ2v) is 8.64. The molecule has 2 atom stereocenters. The van der Waals surface area contributed by atoms with Gasteiger partial charge < -0.3 is 10.2 Å². The number of pyridine rings is 1. The Morgan fingerprint density at radius 3 is 2.68 bits per heavy atom. The maximum Gasteiger partial charge on any atom is 0.246 e. The van der Waals surface area contributed by atoms with E-state index in [9.17, 15) is 9.59 Å². The second-order valence-electron chi connectivity index (χ2n) is 8.20. The van der Waals surface area contributed by atoms with E-state index < -0.39 is 12.1 Å². The largest absolute Gasteiger partial charge is 0.342 e. The van der Waals surface area contributed by atoms with E-state index in [0.29, 0.717) is 24.5 Å². The lowest BCUT2D eigenvalue weighted by atomic mass is 9.98. The third kappa shape index (κ3) is 4.13. The molecule has 0 unspecified atom stereocenters. The summed E-state index contributed by atoms with van der Waals surface area (Å²) in [5, 5.41) is 4.70. The van der Waals surface area contributed by atoms with Gasteiger partial charge in [0.15, 0.2) is 0 Å². The van der Waals surface area contributed by atoms with Gasteiger partial charge in [-0.15, -0.1) is 0 Å². The van der Waals surface area contributed by atoms with Crippen LogP contribution in [0.4, 0.5) is 0 Å². The van der Waals surface area contributed by atoms with Gasteiger partial charge in [0.1, 0.15) is 12.1 Å². The molecular weight excluding hydrogens is 412 g/mol. The van der Waals surface area contributed by atoms with Crippen LogP contribution in [0.2, 0.25) is 5.02 Å². The third-order valence-electron chi connectivity index (χ3n) is 6.09. The molecule has 7 heteroatoms. The molecule has 0 aliphatic carbocycles. The second kappa shape index (κ2) is 8.29. The van der Waals surface area contributed by atoms with Crippen molar-refractivity contribution < 1.29 is 9.59 Å². The van der Waals surface area contributed by atoms with Crippen molar-refractivity contribution >= 4 is 34.3 Å². The number of nitrogens with zero attached hydrogens (tertiary/aromatic N) is 3. The van der Waals surface area contributed by atoms with Crippen LogP contribution in [0.1, 0.15) is 11.1 Å². The number of aromatic nitrogens is 1. The minimum absolute atomic E-state index is 0.00372. The van der Waals surface area contributed by atoms with Gasteiger partial charge in [-0.3, -0.25) is 19.5 Å². The molecule has 2 fully saturated rings. The SMILES string of the molecule is O=C1N[C@@H](Cc2ccc(Cl)cc2)C(=O)N2CCN(Cc3ccc4ncccc4c3)C[C@H]12. The number of carbonyl (C=O) groups is 2. The zero-order chi connectivity index (χ0) is 21.4. The fourth-order valence-electron chi connectivity index (χ4n) is 4.48. The Hall–Kier alpha value is -2.96. The lowest BCUT2D eigenvalue weighted by Crippen LogP contribution is -2.69. The van der Waals surface area contributed by atoms with Crippen LogP contribution in [-0.4, -0.2) is 58.3 Å². The fraction of sp³-hybridized carbons (Fsp3) is 0.292. The van der Waals surface area contributed by atoms with Crippen LogP contribution < -0.4 is 5.32 Å². The Kier molecular flexibility index (Phi) is 5.34. The van der Waals surface area contributed by atoms with Crippen LogP contribution >= 0.6 is 11.6 Å². The number of rotatable bonds is 4.